The largest absolute Gasteiger partial charge is 0.467 e. The van der Waals surface area contributed by atoms with Crippen LogP contribution in [0.3, 0.4) is 0 Å². The molecule has 0 amide bonds. The summed E-state index contributed by atoms with van der Waals surface area (Å²) in [5.41, 5.74) is 2.61. The van der Waals surface area contributed by atoms with Gasteiger partial charge in [-0.25, -0.2) is 0 Å². The van der Waals surface area contributed by atoms with Crippen LogP contribution in [0.1, 0.15) is 23.8 Å². The highest BCUT2D eigenvalue weighted by atomic mass is 16.5. The van der Waals surface area contributed by atoms with Crippen molar-refractivity contribution in [2.45, 2.75) is 26.6 Å². The van der Waals surface area contributed by atoms with Crippen LogP contribution in [0.2, 0.25) is 0 Å². The number of ether oxygens (including phenoxy) is 1. The molecule has 0 aliphatic rings. The molecular formula is C16H21NO2. The fourth-order valence-electron chi connectivity index (χ4n) is 2.00. The van der Waals surface area contributed by atoms with Gasteiger partial charge < -0.3 is 14.5 Å². The second-order valence-corrected chi connectivity index (χ2v) is 4.44. The standard InChI is InChI=1S/C16H21NO2/c1-2-17-10-9-14-6-3-4-7-15(14)12-18-13-16-8-5-11-19-16/h3-8,11,17H,2,9-10,12-13H2,1H3. The van der Waals surface area contributed by atoms with Crippen LogP contribution >= 0.6 is 0 Å². The van der Waals surface area contributed by atoms with Gasteiger partial charge in [0.15, 0.2) is 0 Å². The predicted molar refractivity (Wildman–Crippen MR) is 75.9 cm³/mol. The number of hydrogen-bond donors (Lipinski definition) is 1. The van der Waals surface area contributed by atoms with Crippen molar-refractivity contribution in [3.05, 3.63) is 59.5 Å². The van der Waals surface area contributed by atoms with Gasteiger partial charge >= 0.3 is 0 Å². The first-order valence-electron chi connectivity index (χ1n) is 6.77. The molecule has 0 unspecified atom stereocenters. The van der Waals surface area contributed by atoms with E-state index in [0.717, 1.165) is 25.3 Å². The molecule has 102 valence electrons. The van der Waals surface area contributed by atoms with E-state index in [1.165, 1.54) is 11.1 Å². The Kier molecular flexibility index (Phi) is 5.66. The van der Waals surface area contributed by atoms with Gasteiger partial charge in [0, 0.05) is 0 Å². The summed E-state index contributed by atoms with van der Waals surface area (Å²) in [5, 5.41) is 3.35. The summed E-state index contributed by atoms with van der Waals surface area (Å²) in [6.45, 7) is 5.29. The summed E-state index contributed by atoms with van der Waals surface area (Å²) < 4.78 is 10.9. The molecule has 2 aromatic rings. The predicted octanol–water partition coefficient (Wildman–Crippen LogP) is 3.15. The summed E-state index contributed by atoms with van der Waals surface area (Å²) in [6, 6.07) is 12.2. The topological polar surface area (TPSA) is 34.4 Å². The Morgan fingerprint density at radius 2 is 1.89 bits per heavy atom. The van der Waals surface area contributed by atoms with E-state index in [-0.39, 0.29) is 0 Å². The van der Waals surface area contributed by atoms with Crippen molar-refractivity contribution in [2.75, 3.05) is 13.1 Å². The van der Waals surface area contributed by atoms with Crippen molar-refractivity contribution in [1.82, 2.24) is 5.32 Å². The van der Waals surface area contributed by atoms with Crippen LogP contribution in [-0.2, 0) is 24.4 Å². The van der Waals surface area contributed by atoms with Gasteiger partial charge in [0.2, 0.25) is 0 Å². The van der Waals surface area contributed by atoms with Crippen LogP contribution in [0, 0.1) is 0 Å². The molecule has 1 heterocycles. The highest BCUT2D eigenvalue weighted by Crippen LogP contribution is 2.12. The van der Waals surface area contributed by atoms with Crippen molar-refractivity contribution < 1.29 is 9.15 Å². The number of likely N-dealkylation sites (N-methyl/N-ethyl adjacent to an activating group) is 1. The lowest BCUT2D eigenvalue weighted by Gasteiger charge is -2.10. The molecule has 0 bridgehead atoms. The lowest BCUT2D eigenvalue weighted by Crippen LogP contribution is -2.16. The SMILES string of the molecule is CCNCCc1ccccc1COCc1ccco1. The Bertz CT molecular complexity index is 465. The van der Waals surface area contributed by atoms with Gasteiger partial charge in [-0.1, -0.05) is 31.2 Å². The molecule has 0 saturated heterocycles. The van der Waals surface area contributed by atoms with Gasteiger partial charge in [-0.2, -0.15) is 0 Å². The quantitative estimate of drug-likeness (QED) is 0.739. The first kappa shape index (κ1) is 13.8. The van der Waals surface area contributed by atoms with E-state index in [1.54, 1.807) is 6.26 Å². The second kappa shape index (κ2) is 7.77. The molecule has 1 aromatic carbocycles. The molecular weight excluding hydrogens is 238 g/mol. The van der Waals surface area contributed by atoms with E-state index in [4.69, 9.17) is 9.15 Å². The Hall–Kier alpha value is -1.58. The number of hydrogen-bond acceptors (Lipinski definition) is 3. The minimum absolute atomic E-state index is 0.522. The van der Waals surface area contributed by atoms with Crippen molar-refractivity contribution >= 4 is 0 Å². The third-order valence-corrected chi connectivity index (χ3v) is 3.02. The zero-order valence-electron chi connectivity index (χ0n) is 11.4. The highest BCUT2D eigenvalue weighted by molar-refractivity contribution is 5.26. The van der Waals surface area contributed by atoms with E-state index in [9.17, 15) is 0 Å². The number of benzene rings is 1. The van der Waals surface area contributed by atoms with Crippen LogP contribution < -0.4 is 5.32 Å². The van der Waals surface area contributed by atoms with Gasteiger partial charge in [0.25, 0.3) is 0 Å². The van der Waals surface area contributed by atoms with Crippen molar-refractivity contribution in [1.29, 1.82) is 0 Å². The zero-order chi connectivity index (χ0) is 13.3. The van der Waals surface area contributed by atoms with Gasteiger partial charge in [-0.05, 0) is 42.8 Å². The van der Waals surface area contributed by atoms with E-state index >= 15 is 0 Å². The van der Waals surface area contributed by atoms with E-state index in [2.05, 4.69) is 36.5 Å². The molecule has 3 heteroatoms. The molecule has 0 saturated carbocycles. The lowest BCUT2D eigenvalue weighted by molar-refractivity contribution is 0.0924. The second-order valence-electron chi connectivity index (χ2n) is 4.44. The van der Waals surface area contributed by atoms with Crippen LogP contribution in [0.15, 0.2) is 47.1 Å². The van der Waals surface area contributed by atoms with Gasteiger partial charge in [0.1, 0.15) is 12.4 Å². The van der Waals surface area contributed by atoms with Crippen LogP contribution in [0.5, 0.6) is 0 Å². The van der Waals surface area contributed by atoms with Gasteiger partial charge in [-0.15, -0.1) is 0 Å². The van der Waals surface area contributed by atoms with E-state index in [0.29, 0.717) is 13.2 Å². The summed E-state index contributed by atoms with van der Waals surface area (Å²) in [5.74, 6) is 0.866. The maximum absolute atomic E-state index is 5.70. The molecule has 0 aliphatic heterocycles. The maximum Gasteiger partial charge on any atom is 0.129 e. The Morgan fingerprint density at radius 3 is 2.63 bits per heavy atom. The molecule has 0 spiro atoms. The normalized spacial score (nSPS) is 10.8. The fraction of sp³-hybridized carbons (Fsp3) is 0.375. The average Bonchev–Trinajstić information content (AvgIpc) is 2.94. The maximum atomic E-state index is 5.70. The van der Waals surface area contributed by atoms with E-state index < -0.39 is 0 Å². The van der Waals surface area contributed by atoms with Crippen LogP contribution in [0.4, 0.5) is 0 Å². The number of nitrogens with one attached hydrogen (secondary N) is 1. The molecule has 19 heavy (non-hydrogen) atoms. The van der Waals surface area contributed by atoms with Crippen molar-refractivity contribution in [2.24, 2.45) is 0 Å². The number of rotatable bonds is 8. The van der Waals surface area contributed by atoms with E-state index in [1.807, 2.05) is 12.1 Å². The van der Waals surface area contributed by atoms with Crippen LogP contribution in [0.25, 0.3) is 0 Å². The molecule has 0 aliphatic carbocycles. The van der Waals surface area contributed by atoms with Crippen molar-refractivity contribution in [3.63, 3.8) is 0 Å². The molecule has 2 rings (SSSR count). The molecule has 0 radical (unpaired) electrons. The molecule has 0 atom stereocenters. The summed E-state index contributed by atoms with van der Waals surface area (Å²) in [6.07, 6.45) is 2.71. The Labute approximate surface area is 114 Å². The first-order chi connectivity index (χ1) is 9.40. The Morgan fingerprint density at radius 1 is 1.05 bits per heavy atom. The molecule has 1 N–H and O–H groups in total. The smallest absolute Gasteiger partial charge is 0.129 e. The third-order valence-electron chi connectivity index (χ3n) is 3.02. The molecule has 0 fully saturated rings. The van der Waals surface area contributed by atoms with Gasteiger partial charge in [0.05, 0.1) is 12.9 Å². The van der Waals surface area contributed by atoms with Gasteiger partial charge in [-0.3, -0.25) is 0 Å². The average molecular weight is 259 g/mol. The summed E-state index contributed by atoms with van der Waals surface area (Å²) in [4.78, 5) is 0. The summed E-state index contributed by atoms with van der Waals surface area (Å²) >= 11 is 0. The first-order valence-corrected chi connectivity index (χ1v) is 6.77. The van der Waals surface area contributed by atoms with Crippen LogP contribution in [-0.4, -0.2) is 13.1 Å². The molecule has 3 nitrogen and oxygen atoms in total. The fourth-order valence-corrected chi connectivity index (χ4v) is 2.00. The number of furan rings is 1. The highest BCUT2D eigenvalue weighted by Gasteiger charge is 2.02. The minimum Gasteiger partial charge on any atom is -0.467 e. The minimum atomic E-state index is 0.522. The van der Waals surface area contributed by atoms with Crippen molar-refractivity contribution in [3.8, 4) is 0 Å². The molecule has 1 aromatic heterocycles. The Balaban J connectivity index is 1.84. The monoisotopic (exact) mass is 259 g/mol. The zero-order valence-corrected chi connectivity index (χ0v) is 11.4. The third kappa shape index (κ3) is 4.54. The summed E-state index contributed by atoms with van der Waals surface area (Å²) in [7, 11) is 0. The lowest BCUT2D eigenvalue weighted by atomic mass is 10.1.